The molecule has 0 spiro atoms. The van der Waals surface area contributed by atoms with Gasteiger partial charge >= 0.3 is 6.18 Å². The highest BCUT2D eigenvalue weighted by molar-refractivity contribution is 5.79. The lowest BCUT2D eigenvalue weighted by Gasteiger charge is -2.15. The van der Waals surface area contributed by atoms with Crippen LogP contribution in [0, 0.1) is 0 Å². The molecule has 0 radical (unpaired) electrons. The monoisotopic (exact) mass is 395 g/mol. The van der Waals surface area contributed by atoms with E-state index in [9.17, 15) is 22.8 Å². The lowest BCUT2D eigenvalue weighted by atomic mass is 10.2. The summed E-state index contributed by atoms with van der Waals surface area (Å²) in [6.07, 6.45) is -1.89. The smallest absolute Gasteiger partial charge is 0.416 e. The Hall–Kier alpha value is -2.84. The highest BCUT2D eigenvalue weighted by atomic mass is 19.4. The van der Waals surface area contributed by atoms with Crippen LogP contribution in [0.4, 0.5) is 13.2 Å². The molecule has 1 aromatic heterocycles. The van der Waals surface area contributed by atoms with Crippen LogP contribution in [0.25, 0.3) is 0 Å². The molecule has 1 N–H and O–H groups in total. The quantitative estimate of drug-likeness (QED) is 0.763. The van der Waals surface area contributed by atoms with Crippen LogP contribution in [-0.2, 0) is 23.8 Å². The first kappa shape index (κ1) is 19.9. The van der Waals surface area contributed by atoms with E-state index in [0.29, 0.717) is 0 Å². The van der Waals surface area contributed by atoms with Crippen LogP contribution in [-0.4, -0.2) is 28.8 Å². The predicted octanol–water partition coefficient (Wildman–Crippen LogP) is 2.51. The van der Waals surface area contributed by atoms with Gasteiger partial charge in [0.2, 0.25) is 5.91 Å². The van der Waals surface area contributed by atoms with Crippen LogP contribution in [0.5, 0.6) is 5.75 Å². The Morgan fingerprint density at radius 2 is 2.11 bits per heavy atom. The van der Waals surface area contributed by atoms with Gasteiger partial charge in [0.25, 0.3) is 5.56 Å². The van der Waals surface area contributed by atoms with E-state index in [0.717, 1.165) is 47.3 Å². The second-order valence-electron chi connectivity index (χ2n) is 6.59. The molecule has 1 atom stereocenters. The standard InChI is InChI=1S/C19H20F3N3O3/c1-12(25-17(26)10-13-4-2-7-16(13)24-25)18(27)23-8-9-28-15-6-3-5-14(11-15)19(20,21)22/h3,5-6,10-12H,2,4,7-9H2,1H3,(H,23,27). The number of nitrogens with one attached hydrogen (secondary N) is 1. The van der Waals surface area contributed by atoms with Gasteiger partial charge in [0.15, 0.2) is 0 Å². The van der Waals surface area contributed by atoms with Gasteiger partial charge in [0.05, 0.1) is 17.8 Å². The molecule has 9 heteroatoms. The third-order valence-electron chi connectivity index (χ3n) is 4.56. The first-order valence-corrected chi connectivity index (χ1v) is 8.95. The first-order valence-electron chi connectivity index (χ1n) is 8.95. The van der Waals surface area contributed by atoms with Gasteiger partial charge in [-0.25, -0.2) is 4.68 Å². The fourth-order valence-electron chi connectivity index (χ4n) is 3.06. The Labute approximate surface area is 159 Å². The van der Waals surface area contributed by atoms with Gasteiger partial charge < -0.3 is 10.1 Å². The zero-order valence-corrected chi connectivity index (χ0v) is 15.3. The molecule has 2 aromatic rings. The number of aryl methyl sites for hydroxylation is 2. The largest absolute Gasteiger partial charge is 0.492 e. The van der Waals surface area contributed by atoms with Crippen molar-refractivity contribution in [1.29, 1.82) is 0 Å². The normalized spacial score (nSPS) is 14.4. The number of nitrogens with zero attached hydrogens (tertiary/aromatic N) is 2. The maximum atomic E-state index is 12.7. The second-order valence-corrected chi connectivity index (χ2v) is 6.59. The van der Waals surface area contributed by atoms with E-state index in [1.54, 1.807) is 6.92 Å². The minimum absolute atomic E-state index is 0.00765. The van der Waals surface area contributed by atoms with Crippen LogP contribution in [0.1, 0.15) is 36.2 Å². The van der Waals surface area contributed by atoms with E-state index in [2.05, 4.69) is 10.4 Å². The molecule has 1 aromatic carbocycles. The van der Waals surface area contributed by atoms with E-state index in [4.69, 9.17) is 4.74 Å². The maximum absolute atomic E-state index is 12.7. The first-order chi connectivity index (χ1) is 13.3. The van der Waals surface area contributed by atoms with Crippen molar-refractivity contribution in [1.82, 2.24) is 15.1 Å². The minimum Gasteiger partial charge on any atom is -0.492 e. The topological polar surface area (TPSA) is 73.2 Å². The summed E-state index contributed by atoms with van der Waals surface area (Å²) in [6, 6.07) is 5.25. The lowest BCUT2D eigenvalue weighted by molar-refractivity contribution is -0.137. The number of rotatable bonds is 6. The molecule has 6 nitrogen and oxygen atoms in total. The molecule has 0 saturated heterocycles. The zero-order chi connectivity index (χ0) is 20.3. The Balaban J connectivity index is 1.53. The molecule has 150 valence electrons. The Bertz CT molecular complexity index is 925. The van der Waals surface area contributed by atoms with Gasteiger partial charge in [-0.15, -0.1) is 0 Å². The highest BCUT2D eigenvalue weighted by Gasteiger charge is 2.30. The van der Waals surface area contributed by atoms with Crippen molar-refractivity contribution in [2.75, 3.05) is 13.2 Å². The van der Waals surface area contributed by atoms with Crippen molar-refractivity contribution in [2.45, 2.75) is 38.4 Å². The molecule has 1 amide bonds. The number of halogens is 3. The third-order valence-corrected chi connectivity index (χ3v) is 4.56. The van der Waals surface area contributed by atoms with Crippen LogP contribution in [0.15, 0.2) is 35.1 Å². The van der Waals surface area contributed by atoms with Crippen molar-refractivity contribution < 1.29 is 22.7 Å². The third kappa shape index (κ3) is 4.52. The van der Waals surface area contributed by atoms with E-state index >= 15 is 0 Å². The Morgan fingerprint density at radius 3 is 2.86 bits per heavy atom. The molecular weight excluding hydrogens is 375 g/mol. The molecule has 1 aliphatic rings. The van der Waals surface area contributed by atoms with E-state index < -0.39 is 23.7 Å². The Kier molecular flexibility index (Phi) is 5.71. The fourth-order valence-corrected chi connectivity index (χ4v) is 3.06. The average Bonchev–Trinajstić information content (AvgIpc) is 3.10. The Morgan fingerprint density at radius 1 is 1.32 bits per heavy atom. The lowest BCUT2D eigenvalue weighted by Crippen LogP contribution is -2.38. The van der Waals surface area contributed by atoms with Gasteiger partial charge in [0, 0.05) is 6.07 Å². The molecule has 0 aliphatic heterocycles. The minimum atomic E-state index is -4.45. The van der Waals surface area contributed by atoms with Crippen molar-refractivity contribution in [3.8, 4) is 5.75 Å². The number of fused-ring (bicyclic) bond motifs is 1. The molecule has 0 saturated carbocycles. The van der Waals surface area contributed by atoms with Gasteiger partial charge in [-0.05, 0) is 49.9 Å². The van der Waals surface area contributed by atoms with E-state index in [-0.39, 0.29) is 24.5 Å². The number of aromatic nitrogens is 2. The summed E-state index contributed by atoms with van der Waals surface area (Å²) < 4.78 is 44.5. The van der Waals surface area contributed by atoms with Gasteiger partial charge in [0.1, 0.15) is 18.4 Å². The fraction of sp³-hybridized carbons (Fsp3) is 0.421. The number of benzene rings is 1. The number of hydrogen-bond acceptors (Lipinski definition) is 4. The van der Waals surface area contributed by atoms with Gasteiger partial charge in [-0.3, -0.25) is 9.59 Å². The molecule has 1 unspecified atom stereocenters. The number of ether oxygens (including phenoxy) is 1. The van der Waals surface area contributed by atoms with Gasteiger partial charge in [-0.2, -0.15) is 18.3 Å². The van der Waals surface area contributed by atoms with Crippen LogP contribution in [0.3, 0.4) is 0 Å². The van der Waals surface area contributed by atoms with Crippen LogP contribution >= 0.6 is 0 Å². The summed E-state index contributed by atoms with van der Waals surface area (Å²) in [5.74, 6) is -0.353. The summed E-state index contributed by atoms with van der Waals surface area (Å²) in [5, 5.41) is 6.89. The highest BCUT2D eigenvalue weighted by Crippen LogP contribution is 2.31. The summed E-state index contributed by atoms with van der Waals surface area (Å²) in [6.45, 7) is 1.64. The molecule has 28 heavy (non-hydrogen) atoms. The number of alkyl halides is 3. The van der Waals surface area contributed by atoms with Crippen molar-refractivity contribution in [3.63, 3.8) is 0 Å². The van der Waals surface area contributed by atoms with Gasteiger partial charge in [-0.1, -0.05) is 6.07 Å². The summed E-state index contributed by atoms with van der Waals surface area (Å²) in [7, 11) is 0. The van der Waals surface area contributed by atoms with E-state index in [1.807, 2.05) is 0 Å². The zero-order valence-electron chi connectivity index (χ0n) is 15.3. The van der Waals surface area contributed by atoms with Crippen molar-refractivity contribution >= 4 is 5.91 Å². The SMILES string of the molecule is CC(C(=O)NCCOc1cccc(C(F)(F)F)c1)n1nc2c(cc1=O)CCC2. The van der Waals surface area contributed by atoms with Crippen molar-refractivity contribution in [3.05, 3.63) is 57.5 Å². The molecule has 1 heterocycles. The molecule has 3 rings (SSSR count). The summed E-state index contributed by atoms with van der Waals surface area (Å²) in [4.78, 5) is 24.4. The predicted molar refractivity (Wildman–Crippen MR) is 95.2 cm³/mol. The van der Waals surface area contributed by atoms with Crippen LogP contribution in [0.2, 0.25) is 0 Å². The average molecular weight is 395 g/mol. The van der Waals surface area contributed by atoms with Crippen molar-refractivity contribution in [2.24, 2.45) is 0 Å². The summed E-state index contributed by atoms with van der Waals surface area (Å²) >= 11 is 0. The second kappa shape index (κ2) is 8.04. The van der Waals surface area contributed by atoms with E-state index in [1.165, 1.54) is 18.2 Å². The maximum Gasteiger partial charge on any atom is 0.416 e. The number of amides is 1. The van der Waals surface area contributed by atoms with Crippen LogP contribution < -0.4 is 15.6 Å². The number of carbonyl (C=O) groups is 1. The molecule has 0 fully saturated rings. The number of carbonyl (C=O) groups excluding carboxylic acids is 1. The molecular formula is C19H20F3N3O3. The molecule has 0 bridgehead atoms. The number of hydrogen-bond donors (Lipinski definition) is 1. The summed E-state index contributed by atoms with van der Waals surface area (Å²) in [5.41, 5.74) is 0.642. The molecule has 1 aliphatic carbocycles.